The minimum Gasteiger partial charge on any atom is -0.311 e. The summed E-state index contributed by atoms with van der Waals surface area (Å²) in [5, 5.41) is 4.13. The fourth-order valence-corrected chi connectivity index (χ4v) is 13.3. The quantitative estimate of drug-likeness (QED) is 0.112. The summed E-state index contributed by atoms with van der Waals surface area (Å²) in [6.07, 6.45) is 0. The predicted octanol–water partition coefficient (Wildman–Crippen LogP) is 10.3. The summed E-state index contributed by atoms with van der Waals surface area (Å²) in [7, 11) is -2.61. The first-order chi connectivity index (χ1) is 29.7. The second-order valence-electron chi connectivity index (χ2n) is 15.9. The lowest BCUT2D eigenvalue weighted by molar-refractivity contribution is 1.24. The molecule has 60 heavy (non-hydrogen) atoms. The molecule has 9 aromatic carbocycles. The second-order valence-corrected chi connectivity index (χ2v) is 19.9. The highest BCUT2D eigenvalue weighted by Crippen LogP contribution is 2.45. The molecule has 0 aromatic heterocycles. The second kappa shape index (κ2) is 14.8. The summed E-state index contributed by atoms with van der Waals surface area (Å²) in [5.74, 6) is 0. The van der Waals surface area contributed by atoms with Gasteiger partial charge in [-0.2, -0.15) is 0 Å². The van der Waals surface area contributed by atoms with E-state index < -0.39 is 8.07 Å². The van der Waals surface area contributed by atoms with Crippen LogP contribution in [0, 0.1) is 0 Å². The van der Waals surface area contributed by atoms with Crippen LogP contribution < -0.4 is 46.6 Å². The molecule has 0 unspecified atom stereocenters. The van der Waals surface area contributed by atoms with Crippen molar-refractivity contribution in [3.63, 3.8) is 0 Å². The van der Waals surface area contributed by atoms with Crippen molar-refractivity contribution in [3.05, 3.63) is 237 Å². The van der Waals surface area contributed by atoms with Gasteiger partial charge in [0.05, 0.1) is 0 Å². The van der Waals surface area contributed by atoms with Crippen LogP contribution in [0.1, 0.15) is 0 Å². The number of fused-ring (bicyclic) bond motifs is 4. The maximum absolute atomic E-state index is 2.61. The van der Waals surface area contributed by atoms with Crippen LogP contribution in [0.2, 0.25) is 6.55 Å². The Morgan fingerprint density at radius 3 is 1.28 bits per heavy atom. The molecule has 0 spiro atoms. The van der Waals surface area contributed by atoms with Gasteiger partial charge >= 0.3 is 0 Å². The van der Waals surface area contributed by atoms with Crippen LogP contribution >= 0.6 is 0 Å². The molecule has 2 aliphatic heterocycles. The molecular weight excluding hydrogens is 742 g/mol. The lowest BCUT2D eigenvalue weighted by Gasteiger charge is -2.45. The molecule has 0 amide bonds. The van der Waals surface area contributed by atoms with Crippen LogP contribution in [-0.4, -0.2) is 14.8 Å². The summed E-state index contributed by atoms with van der Waals surface area (Å²) in [5.41, 5.74) is 14.4. The van der Waals surface area contributed by atoms with Gasteiger partial charge in [0.1, 0.15) is 8.07 Å². The Morgan fingerprint density at radius 1 is 0.350 bits per heavy atom. The molecule has 3 nitrogen and oxygen atoms in total. The molecule has 5 heteroatoms. The van der Waals surface area contributed by atoms with Gasteiger partial charge in [0.2, 0.25) is 0 Å². The third kappa shape index (κ3) is 5.81. The van der Waals surface area contributed by atoms with Gasteiger partial charge in [0.25, 0.3) is 6.71 Å². The Hall–Kier alpha value is -7.34. The van der Waals surface area contributed by atoms with E-state index in [-0.39, 0.29) is 6.71 Å². The summed E-state index contributed by atoms with van der Waals surface area (Å²) in [4.78, 5) is 7.45. The number of hydrogen-bond acceptors (Lipinski definition) is 3. The van der Waals surface area contributed by atoms with E-state index in [0.717, 1.165) is 28.4 Å². The standard InChI is InChI=1S/C55H42BN3Si/c1-60(46-30-16-6-17-31-46,47-32-18-7-19-33-47)48-39-53-55-54(40-48)59(44-28-14-5-15-29-44)52-38-45(57(41-22-8-2-9-23-41)42-24-10-3-11-25-42)36-37-50(52)56(55)49-34-20-21-35-51(49)58(53)43-26-12-4-13-27-43/h2-40H,1H3. The zero-order valence-electron chi connectivity index (χ0n) is 33.4. The first kappa shape index (κ1) is 35.8. The van der Waals surface area contributed by atoms with Crippen molar-refractivity contribution in [1.29, 1.82) is 0 Å². The third-order valence-electron chi connectivity index (χ3n) is 12.6. The number of anilines is 9. The van der Waals surface area contributed by atoms with E-state index >= 15 is 0 Å². The molecule has 0 atom stereocenters. The Morgan fingerprint density at radius 2 is 0.767 bits per heavy atom. The normalized spacial score (nSPS) is 12.7. The van der Waals surface area contributed by atoms with E-state index in [0.29, 0.717) is 0 Å². The Bertz CT molecular complexity index is 2870. The molecule has 2 heterocycles. The van der Waals surface area contributed by atoms with E-state index in [2.05, 4.69) is 258 Å². The van der Waals surface area contributed by atoms with E-state index in [9.17, 15) is 0 Å². The lowest BCUT2D eigenvalue weighted by atomic mass is 9.33. The Kier molecular flexibility index (Phi) is 8.83. The minimum absolute atomic E-state index is 0.00694. The molecule has 0 saturated carbocycles. The summed E-state index contributed by atoms with van der Waals surface area (Å²) in [6, 6.07) is 87.1. The molecule has 0 bridgehead atoms. The van der Waals surface area contributed by atoms with E-state index in [1.165, 1.54) is 54.7 Å². The van der Waals surface area contributed by atoms with E-state index in [1.807, 2.05) is 0 Å². The van der Waals surface area contributed by atoms with Gasteiger partial charge in [0, 0.05) is 51.2 Å². The number of rotatable bonds is 8. The van der Waals surface area contributed by atoms with Crippen LogP contribution in [0.25, 0.3) is 0 Å². The van der Waals surface area contributed by atoms with Gasteiger partial charge in [-0.1, -0.05) is 164 Å². The smallest absolute Gasteiger partial charge is 0.252 e. The largest absolute Gasteiger partial charge is 0.311 e. The van der Waals surface area contributed by atoms with Crippen molar-refractivity contribution in [2.45, 2.75) is 6.55 Å². The summed E-state index contributed by atoms with van der Waals surface area (Å²) >= 11 is 0. The fourth-order valence-electron chi connectivity index (χ4n) is 9.71. The topological polar surface area (TPSA) is 9.72 Å². The molecule has 11 rings (SSSR count). The van der Waals surface area contributed by atoms with Crippen molar-refractivity contribution in [1.82, 2.24) is 0 Å². The van der Waals surface area contributed by atoms with Gasteiger partial charge < -0.3 is 14.7 Å². The minimum atomic E-state index is -2.61. The van der Waals surface area contributed by atoms with Crippen LogP contribution in [0.4, 0.5) is 51.2 Å². The highest BCUT2D eigenvalue weighted by molar-refractivity contribution is 7.11. The van der Waals surface area contributed by atoms with Gasteiger partial charge in [0.15, 0.2) is 0 Å². The SMILES string of the molecule is C[Si](c1ccccc1)(c1ccccc1)c1cc2c3c(c1)N(c1ccccc1)c1cc(N(c4ccccc4)c4ccccc4)ccc1B3c1ccccc1N2c1ccccc1. The molecule has 0 radical (unpaired) electrons. The van der Waals surface area contributed by atoms with Crippen molar-refractivity contribution in [2.24, 2.45) is 0 Å². The summed E-state index contributed by atoms with van der Waals surface area (Å²) in [6.45, 7) is 2.54. The van der Waals surface area contributed by atoms with E-state index in [1.54, 1.807) is 0 Å². The Labute approximate surface area is 354 Å². The average molecular weight is 784 g/mol. The zero-order valence-corrected chi connectivity index (χ0v) is 34.4. The van der Waals surface area contributed by atoms with E-state index in [4.69, 9.17) is 0 Å². The predicted molar refractivity (Wildman–Crippen MR) is 259 cm³/mol. The third-order valence-corrected chi connectivity index (χ3v) is 17.0. The van der Waals surface area contributed by atoms with Crippen molar-refractivity contribution in [2.75, 3.05) is 14.7 Å². The van der Waals surface area contributed by atoms with Crippen molar-refractivity contribution >= 4 is 97.9 Å². The summed E-state index contributed by atoms with van der Waals surface area (Å²) < 4.78 is 0. The maximum atomic E-state index is 2.56. The van der Waals surface area contributed by atoms with Gasteiger partial charge in [-0.25, -0.2) is 0 Å². The maximum Gasteiger partial charge on any atom is 0.252 e. The van der Waals surface area contributed by atoms with Crippen LogP contribution in [-0.2, 0) is 0 Å². The van der Waals surface area contributed by atoms with Crippen LogP contribution in [0.5, 0.6) is 0 Å². The van der Waals surface area contributed by atoms with Gasteiger partial charge in [-0.3, -0.25) is 0 Å². The molecule has 284 valence electrons. The number of para-hydroxylation sites is 5. The van der Waals surface area contributed by atoms with Crippen LogP contribution in [0.15, 0.2) is 237 Å². The number of benzene rings is 9. The molecule has 0 aliphatic carbocycles. The van der Waals surface area contributed by atoms with Crippen LogP contribution in [0.3, 0.4) is 0 Å². The number of hydrogen-bond donors (Lipinski definition) is 0. The molecule has 0 saturated heterocycles. The molecule has 0 fully saturated rings. The molecular formula is C55H42BN3Si. The molecule has 2 aliphatic rings. The van der Waals surface area contributed by atoms with Crippen molar-refractivity contribution < 1.29 is 0 Å². The average Bonchev–Trinajstić information content (AvgIpc) is 3.33. The molecule has 0 N–H and O–H groups in total. The highest BCUT2D eigenvalue weighted by Gasteiger charge is 2.45. The van der Waals surface area contributed by atoms with Gasteiger partial charge in [-0.15, -0.1) is 0 Å². The van der Waals surface area contributed by atoms with Gasteiger partial charge in [-0.05, 0) is 111 Å². The van der Waals surface area contributed by atoms with Crippen molar-refractivity contribution in [3.8, 4) is 0 Å². The monoisotopic (exact) mass is 783 g/mol. The first-order valence-electron chi connectivity index (χ1n) is 20.8. The Balaban J connectivity index is 1.25. The fraction of sp³-hybridized carbons (Fsp3) is 0.0182. The lowest BCUT2D eigenvalue weighted by Crippen LogP contribution is -2.66. The number of nitrogens with zero attached hydrogens (tertiary/aromatic N) is 3. The zero-order chi connectivity index (χ0) is 40.0. The molecule has 9 aromatic rings. The first-order valence-corrected chi connectivity index (χ1v) is 23.3. The highest BCUT2D eigenvalue weighted by atomic mass is 28.3.